The molecule has 25 nitrogen and oxygen atoms in total. The number of hydrogen-bond acceptors (Lipinski definition) is 20. The van der Waals surface area contributed by atoms with Gasteiger partial charge in [-0.1, -0.05) is 318 Å². The van der Waals surface area contributed by atoms with Crippen molar-refractivity contribution in [2.24, 2.45) is 41.4 Å². The molecule has 2 unspecified atom stereocenters. The summed E-state index contributed by atoms with van der Waals surface area (Å²) in [4.78, 5) is 0. The van der Waals surface area contributed by atoms with Gasteiger partial charge in [-0.25, -0.2) is 84.2 Å². The average Bonchev–Trinajstić information content (AvgIpc) is 0.841. The van der Waals surface area contributed by atoms with E-state index >= 15 is 0 Å². The second-order valence-electron chi connectivity index (χ2n) is 28.4. The molecule has 0 saturated heterocycles. The van der Waals surface area contributed by atoms with Gasteiger partial charge in [-0.2, -0.15) is 65.9 Å². The van der Waals surface area contributed by atoms with Gasteiger partial charge >= 0.3 is 27.5 Å². The first kappa shape index (κ1) is 173. The van der Waals surface area contributed by atoms with E-state index in [1.54, 1.807) is 0 Å². The van der Waals surface area contributed by atoms with Crippen LogP contribution in [0.15, 0.2) is 0 Å². The Morgan fingerprint density at radius 2 is 0.349 bits per heavy atom. The molecule has 0 bridgehead atoms. The number of halogens is 15. The predicted molar refractivity (Wildman–Crippen MR) is 500 cm³/mol. The van der Waals surface area contributed by atoms with Crippen molar-refractivity contribution < 1.29 is 150 Å². The largest absolute Gasteiger partial charge is 0.480 e. The van der Waals surface area contributed by atoms with E-state index in [9.17, 15) is 150 Å². The molecule has 0 saturated carbocycles. The summed E-state index contributed by atoms with van der Waals surface area (Å²) >= 11 is 0. The molecule has 0 N–H and O–H groups in total. The maximum Gasteiger partial charge on any atom is 0.480 e. The molecule has 0 spiro atoms. The number of sulfonamides is 10. The molecule has 0 rings (SSSR count). The molecule has 0 heterocycles. The van der Waals surface area contributed by atoms with Crippen molar-refractivity contribution in [3.05, 3.63) is 57.8 Å². The molecule has 0 aliphatic carbocycles. The van der Waals surface area contributed by atoms with Crippen molar-refractivity contribution in [2.45, 2.75) is 390 Å². The maximum absolute atomic E-state index is 12.1. The Morgan fingerprint density at radius 1 is 0.206 bits per heavy atom. The monoisotopic (exact) mass is 2080 g/mol. The van der Waals surface area contributed by atoms with Crippen LogP contribution in [0.3, 0.4) is 0 Å². The van der Waals surface area contributed by atoms with Gasteiger partial charge in [0.15, 0.2) is 50.1 Å². The van der Waals surface area contributed by atoms with Crippen molar-refractivity contribution in [1.82, 2.24) is 0 Å². The fraction of sp³-hybridized carbons (Fsp3) is 0.934. The number of unbranched alkanes of at least 4 members (excludes halogenated alkanes) is 21. The molecule has 126 heavy (non-hydrogen) atoms. The lowest BCUT2D eigenvalue weighted by Gasteiger charge is -2.23. The Kier molecular flexibility index (Phi) is 110. The van der Waals surface area contributed by atoms with Crippen LogP contribution in [-0.4, -0.2) is 140 Å². The molecule has 0 amide bonds. The van der Waals surface area contributed by atoms with Crippen molar-refractivity contribution >= 4 is 100 Å². The van der Waals surface area contributed by atoms with Gasteiger partial charge in [-0.05, 0) is 86.4 Å². The van der Waals surface area contributed by atoms with Crippen LogP contribution in [0.1, 0.15) is 363 Å². The second kappa shape index (κ2) is 79.9. The molecule has 0 aromatic carbocycles. The molecular weight excluding hydrogens is 1910 g/mol. The Balaban J connectivity index is -0.0000000603. The average molecular weight is 2080 g/mol. The van der Waals surface area contributed by atoms with Crippen LogP contribution in [0.25, 0.3) is 20.6 Å². The minimum absolute atomic E-state index is 0. The van der Waals surface area contributed by atoms with E-state index in [4.69, 9.17) is 0 Å². The highest BCUT2D eigenvalue weighted by atomic mass is 32.3. The van der Waals surface area contributed by atoms with E-state index < -0.39 is 157 Å². The van der Waals surface area contributed by atoms with Gasteiger partial charge in [0.2, 0.25) is 0 Å². The van der Waals surface area contributed by atoms with E-state index in [1.807, 2.05) is 62.2 Å². The molecule has 0 aliphatic heterocycles. The van der Waals surface area contributed by atoms with Crippen LogP contribution in [0.4, 0.5) is 65.9 Å². The van der Waals surface area contributed by atoms with Crippen molar-refractivity contribution in [3.63, 3.8) is 0 Å². The summed E-state index contributed by atoms with van der Waals surface area (Å²) in [6.07, 6.45) is 26.1. The van der Waals surface area contributed by atoms with Crippen LogP contribution in [-0.2, 0) is 100 Å². The summed E-state index contributed by atoms with van der Waals surface area (Å²) in [5.74, 6) is -0.296. The second-order valence-corrected chi connectivity index (χ2v) is 46.3. The van der Waals surface area contributed by atoms with Crippen LogP contribution in [0.5, 0.6) is 0 Å². The number of hydrogen-bond donors (Lipinski definition) is 0. The summed E-state index contributed by atoms with van der Waals surface area (Å²) in [6, 6.07) is 0. The minimum Gasteiger partial charge on any atom is -0.428 e. The van der Waals surface area contributed by atoms with E-state index in [1.165, 1.54) is 51.4 Å². The predicted octanol–water partition coefficient (Wildman–Crippen LogP) is 28.3. The van der Waals surface area contributed by atoms with Crippen molar-refractivity contribution in [1.29, 1.82) is 0 Å². The third kappa shape index (κ3) is 92.1. The Bertz CT molecular complexity index is 3750. The summed E-state index contributed by atoms with van der Waals surface area (Å²) in [7, 11) is -53.0. The summed E-state index contributed by atoms with van der Waals surface area (Å²) in [6.45, 7) is 24.7. The molecule has 0 radical (unpaired) electrons. The van der Waals surface area contributed by atoms with Crippen molar-refractivity contribution in [2.75, 3.05) is 28.8 Å². The number of rotatable bonds is 54. The van der Waals surface area contributed by atoms with E-state index in [0.717, 1.165) is 95.8 Å². The molecular formula is C76H172F15N5O20S10. The molecule has 0 fully saturated rings. The van der Waals surface area contributed by atoms with Gasteiger partial charge in [-0.15, -0.1) is 0 Å². The Labute approximate surface area is 763 Å². The summed E-state index contributed by atoms with van der Waals surface area (Å²) < 4.78 is 410. The van der Waals surface area contributed by atoms with E-state index in [-0.39, 0.29) is 155 Å². The zero-order chi connectivity index (χ0) is 88.2. The van der Waals surface area contributed by atoms with Gasteiger partial charge in [-0.3, -0.25) is 0 Å². The molecule has 0 aromatic rings. The zero-order valence-corrected chi connectivity index (χ0v) is 78.0. The normalized spacial score (nSPS) is 12.6. The first-order valence-electron chi connectivity index (χ1n) is 36.1. The first-order chi connectivity index (χ1) is 49.7. The summed E-state index contributed by atoms with van der Waals surface area (Å²) in [5, 5.41) is 0. The van der Waals surface area contributed by atoms with E-state index in [0.29, 0.717) is 55.8 Å². The van der Waals surface area contributed by atoms with Crippen LogP contribution < -0.4 is 0 Å². The fourth-order valence-electron chi connectivity index (χ4n) is 9.30. The highest BCUT2D eigenvalue weighted by molar-refractivity contribution is 8.14. The first-order valence-corrected chi connectivity index (χ1v) is 51.4. The molecule has 2 atom stereocenters. The SMILES string of the molecule is C.C.C.C.C.C.C.C.C.C.CC(C)C(C)CCCS(=O)(=O)[N-]S(=O)(=O)C(F)(F)F.CC(C)CCCCCCCCCCCS(=O)(=O)[N-]S(=O)(=O)C(F)(F)F.CC(C)CCCCCCCCCCS(=O)(=O)[N-]S(=O)(=O)C(F)(F)F.CC(C)CCCCCCCCCS(=O)(=O)[N-]S(=O)(=O)C(F)(F)F.CCC(CCCS(=O)(=O)[N-]S(=O)(=O)C(F)(F)F)C(C)C.[CH3+].[CH3+].[CH3+].[CH3+].[CH3+]. The third-order valence-corrected chi connectivity index (χ3v) is 31.4. The Hall–Kier alpha value is -2.40. The molecule has 0 aromatic heterocycles. The lowest BCUT2D eigenvalue weighted by atomic mass is 9.89. The quantitative estimate of drug-likeness (QED) is 0.0310. The van der Waals surface area contributed by atoms with Gasteiger partial charge < -0.3 is 20.6 Å². The van der Waals surface area contributed by atoms with Crippen LogP contribution in [0.2, 0.25) is 0 Å². The maximum atomic E-state index is 12.1. The zero-order valence-electron chi connectivity index (χ0n) is 69.9. The highest BCUT2D eigenvalue weighted by Crippen LogP contribution is 2.36. The molecule has 50 heteroatoms. The minimum atomic E-state index is -5.99. The van der Waals surface area contributed by atoms with Crippen molar-refractivity contribution in [3.8, 4) is 0 Å². The highest BCUT2D eigenvalue weighted by Gasteiger charge is 2.44. The molecule has 786 valence electrons. The Morgan fingerprint density at radius 3 is 0.484 bits per heavy atom. The smallest absolute Gasteiger partial charge is 0.428 e. The standard InChI is InChI=1S/C15H29F3NO4S2.C14H27F3NO4S2.C13H25F3NO4S2.C10H19F3NO4S2.C9H17F3NO4S2.10CH4.5CH3/c1-14(2)12-10-8-6-4-3-5-7-9-11-13-24(20,21)19-25(22,23)15(16,17)18;1-13(2)11-9-7-5-3-4-6-8-10-12-23(19,20)18-24(21,22)14(15,16)17;1-12(2)10-8-6-4-3-5-7-9-11-22(18,19)17-23(20,21)13(14,15)16;1-4-9(8(2)3)6-5-7-19(15,16)14-20(17,18)10(11,12)13;1-7(2)8(3)5-4-6-18(14,15)13-19(16,17)9(10,11)12;;;;;;;;;;;;;;;/h14H,3-13H2,1-2H3;13H,3-12H2,1-2H3;12H,3-11H2,1-2H3;8-9H,4-7H2,1-3H3;7-8H,4-6H2,1-3H3;10*1H4;5*1H3/q5*-1;;;;;;;;;;;5*+1. The van der Waals surface area contributed by atoms with Gasteiger partial charge in [0.05, 0.1) is 50.1 Å². The van der Waals surface area contributed by atoms with Crippen LogP contribution in [0, 0.1) is 78.6 Å². The molecule has 0 aliphatic rings. The number of alkyl halides is 15. The fourth-order valence-corrected chi connectivity index (χ4v) is 21.2. The van der Waals surface area contributed by atoms with Gasteiger partial charge in [0, 0.05) is 65.9 Å². The van der Waals surface area contributed by atoms with Gasteiger partial charge in [0.1, 0.15) is 0 Å². The summed E-state index contributed by atoms with van der Waals surface area (Å²) in [5.41, 5.74) is -28.4. The third-order valence-electron chi connectivity index (χ3n) is 16.0. The van der Waals surface area contributed by atoms with Crippen LogP contribution >= 0.6 is 0 Å². The van der Waals surface area contributed by atoms with E-state index in [2.05, 4.69) is 41.5 Å². The topological polar surface area (TPSA) is 412 Å². The number of nitrogens with zero attached hydrogens (tertiary/aromatic N) is 5. The lowest BCUT2D eigenvalue weighted by molar-refractivity contribution is -0.0431. The lowest BCUT2D eigenvalue weighted by Crippen LogP contribution is -2.25. The van der Waals surface area contributed by atoms with Gasteiger partial charge in [0.25, 0.3) is 0 Å².